The standard InChI is InChI=1S/C29H28F6N4O7S2/c30-28(31,32)19-10-17(11-20(13-19)29(33,34)35)16-1-2-22(46-8-5-38-3-6-45-7-4-38)18(9-16)12-23-25(42)39(27(47)48-23)36-14-24(41)37-21(15-40)26(43)44/h1-2,9-13,21,36,40H,3-8,14-15H2,(H,37,41)(H,43,44)/b23-12-/t21-/m0/s1. The summed E-state index contributed by atoms with van der Waals surface area (Å²) in [6, 6.07) is 3.59. The Hall–Kier alpha value is -3.75. The molecule has 2 heterocycles. The van der Waals surface area contributed by atoms with Crippen LogP contribution >= 0.6 is 24.0 Å². The highest BCUT2D eigenvalue weighted by molar-refractivity contribution is 8.26. The van der Waals surface area contributed by atoms with Gasteiger partial charge in [0, 0.05) is 25.2 Å². The molecule has 260 valence electrons. The van der Waals surface area contributed by atoms with Crippen LogP contribution in [0.25, 0.3) is 17.2 Å². The van der Waals surface area contributed by atoms with E-state index < -0.39 is 60.5 Å². The summed E-state index contributed by atoms with van der Waals surface area (Å²) in [4.78, 5) is 38.5. The molecule has 48 heavy (non-hydrogen) atoms. The van der Waals surface area contributed by atoms with E-state index in [2.05, 4.69) is 10.3 Å². The number of hydrogen-bond acceptors (Lipinski definition) is 10. The van der Waals surface area contributed by atoms with Gasteiger partial charge in [-0.25, -0.2) is 15.2 Å². The van der Waals surface area contributed by atoms with Crippen molar-refractivity contribution >= 4 is 52.2 Å². The molecule has 0 unspecified atom stereocenters. The van der Waals surface area contributed by atoms with E-state index in [1.54, 1.807) is 0 Å². The van der Waals surface area contributed by atoms with Crippen LogP contribution < -0.4 is 15.5 Å². The van der Waals surface area contributed by atoms with E-state index in [-0.39, 0.29) is 44.3 Å². The number of hydrazine groups is 1. The SMILES string of the molecule is O=C(CNN1C(=O)/C(=C/c2cc(-c3cc(C(F)(F)F)cc(C(F)(F)F)c3)ccc2OCCN2CCOCC2)SC1=S)N[C@@H](CO)C(=O)O. The Kier molecular flexibility index (Phi) is 12.1. The monoisotopic (exact) mass is 722 g/mol. The zero-order valence-electron chi connectivity index (χ0n) is 24.7. The molecular formula is C29H28F6N4O7S2. The van der Waals surface area contributed by atoms with Crippen LogP contribution in [0.2, 0.25) is 0 Å². The van der Waals surface area contributed by atoms with Crippen molar-refractivity contribution in [3.05, 3.63) is 58.0 Å². The van der Waals surface area contributed by atoms with Crippen molar-refractivity contribution in [1.82, 2.24) is 20.7 Å². The van der Waals surface area contributed by atoms with E-state index >= 15 is 0 Å². The minimum Gasteiger partial charge on any atom is -0.492 e. The summed E-state index contributed by atoms with van der Waals surface area (Å²) in [6.45, 7) is 1.56. The molecule has 2 saturated heterocycles. The lowest BCUT2D eigenvalue weighted by atomic mass is 9.97. The third-order valence-electron chi connectivity index (χ3n) is 6.99. The predicted molar refractivity (Wildman–Crippen MR) is 164 cm³/mol. The number of rotatable bonds is 12. The molecule has 2 fully saturated rings. The Bertz CT molecular complexity index is 1550. The smallest absolute Gasteiger partial charge is 0.416 e. The summed E-state index contributed by atoms with van der Waals surface area (Å²) in [5, 5.41) is 21.0. The maximum atomic E-state index is 13.6. The number of benzene rings is 2. The average molecular weight is 723 g/mol. The number of carbonyl (C=O) groups excluding carboxylic acids is 2. The lowest BCUT2D eigenvalue weighted by Crippen LogP contribution is -2.50. The van der Waals surface area contributed by atoms with E-state index in [9.17, 15) is 40.7 Å². The van der Waals surface area contributed by atoms with Crippen molar-refractivity contribution in [2.75, 3.05) is 52.6 Å². The summed E-state index contributed by atoms with van der Waals surface area (Å²) in [6.07, 6.45) is -8.82. The van der Waals surface area contributed by atoms with E-state index in [1.807, 2.05) is 5.32 Å². The Labute approximate surface area is 278 Å². The Morgan fingerprint density at radius 3 is 2.27 bits per heavy atom. The normalized spacial score (nSPS) is 17.6. The first-order valence-electron chi connectivity index (χ1n) is 14.1. The fourth-order valence-electron chi connectivity index (χ4n) is 4.53. The number of alkyl halides is 6. The number of carboxylic acids is 1. The third kappa shape index (κ3) is 9.66. The predicted octanol–water partition coefficient (Wildman–Crippen LogP) is 3.37. The molecule has 2 aromatic carbocycles. The molecule has 1 atom stereocenters. The summed E-state index contributed by atoms with van der Waals surface area (Å²) in [5.74, 6) is -2.93. The van der Waals surface area contributed by atoms with E-state index in [1.165, 1.54) is 24.3 Å². The summed E-state index contributed by atoms with van der Waals surface area (Å²) < 4.78 is 92.6. The average Bonchev–Trinajstić information content (AvgIpc) is 3.29. The summed E-state index contributed by atoms with van der Waals surface area (Å²) in [7, 11) is 0. The van der Waals surface area contributed by atoms with Gasteiger partial charge < -0.3 is 25.0 Å². The van der Waals surface area contributed by atoms with Crippen molar-refractivity contribution in [3.63, 3.8) is 0 Å². The van der Waals surface area contributed by atoms with Crippen LogP contribution in [0.3, 0.4) is 0 Å². The number of hydrogen-bond donors (Lipinski definition) is 4. The number of carboxylic acid groups (broad SMARTS) is 1. The van der Waals surface area contributed by atoms with Crippen molar-refractivity contribution in [2.45, 2.75) is 18.4 Å². The molecule has 2 amide bonds. The number of thioether (sulfide) groups is 1. The zero-order chi connectivity index (χ0) is 35.2. The molecular weight excluding hydrogens is 694 g/mol. The molecule has 4 N–H and O–H groups in total. The van der Waals surface area contributed by atoms with Gasteiger partial charge in [0.05, 0.1) is 42.4 Å². The van der Waals surface area contributed by atoms with Crippen molar-refractivity contribution in [3.8, 4) is 16.9 Å². The van der Waals surface area contributed by atoms with Crippen molar-refractivity contribution in [2.24, 2.45) is 0 Å². The van der Waals surface area contributed by atoms with Gasteiger partial charge in [-0.2, -0.15) is 26.3 Å². The zero-order valence-corrected chi connectivity index (χ0v) is 26.3. The first-order chi connectivity index (χ1) is 22.6. The Morgan fingerprint density at radius 1 is 1.04 bits per heavy atom. The maximum absolute atomic E-state index is 13.6. The highest BCUT2D eigenvalue weighted by Gasteiger charge is 2.37. The van der Waals surface area contributed by atoms with Gasteiger partial charge in [0.2, 0.25) is 5.91 Å². The molecule has 19 heteroatoms. The van der Waals surface area contributed by atoms with Gasteiger partial charge in [-0.1, -0.05) is 30.0 Å². The molecule has 4 rings (SSSR count). The van der Waals surface area contributed by atoms with E-state index in [0.717, 1.165) is 16.8 Å². The molecule has 2 aliphatic rings. The molecule has 0 spiro atoms. The van der Waals surface area contributed by atoms with Crippen LogP contribution in [0.5, 0.6) is 5.75 Å². The Morgan fingerprint density at radius 2 is 1.69 bits per heavy atom. The Balaban J connectivity index is 1.64. The molecule has 11 nitrogen and oxygen atoms in total. The second kappa shape index (κ2) is 15.6. The number of halogens is 6. The first-order valence-corrected chi connectivity index (χ1v) is 15.3. The van der Waals surface area contributed by atoms with Gasteiger partial charge in [0.25, 0.3) is 5.91 Å². The second-order valence-corrected chi connectivity index (χ2v) is 12.0. The van der Waals surface area contributed by atoms with E-state index in [0.29, 0.717) is 45.0 Å². The first kappa shape index (κ1) is 37.1. The number of aliphatic hydroxyl groups is 1. The van der Waals surface area contributed by atoms with Crippen LogP contribution in [-0.4, -0.2) is 101 Å². The van der Waals surface area contributed by atoms with Gasteiger partial charge in [-0.05, 0) is 47.5 Å². The number of thiocarbonyl (C=S) groups is 1. The summed E-state index contributed by atoms with van der Waals surface area (Å²) in [5.41, 5.74) is -0.793. The number of aliphatic hydroxyl groups excluding tert-OH is 1. The molecule has 0 radical (unpaired) electrons. The minimum atomic E-state index is -5.06. The maximum Gasteiger partial charge on any atom is 0.416 e. The van der Waals surface area contributed by atoms with Crippen LogP contribution in [0.15, 0.2) is 41.3 Å². The fraction of sp³-hybridized carbons (Fsp3) is 0.379. The number of carbonyl (C=O) groups is 3. The van der Waals surface area contributed by atoms with Crippen LogP contribution in [-0.2, 0) is 31.5 Å². The number of nitrogens with zero attached hydrogens (tertiary/aromatic N) is 2. The fourth-order valence-corrected chi connectivity index (χ4v) is 5.74. The molecule has 2 aromatic rings. The summed E-state index contributed by atoms with van der Waals surface area (Å²) >= 11 is 6.02. The van der Waals surface area contributed by atoms with Gasteiger partial charge in [-0.3, -0.25) is 14.5 Å². The lowest BCUT2D eigenvalue weighted by molar-refractivity contribution is -0.143. The molecule has 0 aromatic heterocycles. The number of amides is 2. The van der Waals surface area contributed by atoms with Gasteiger partial charge in [0.1, 0.15) is 18.4 Å². The van der Waals surface area contributed by atoms with Gasteiger partial charge >= 0.3 is 18.3 Å². The second-order valence-electron chi connectivity index (χ2n) is 10.3. The van der Waals surface area contributed by atoms with Crippen molar-refractivity contribution in [1.29, 1.82) is 0 Å². The minimum absolute atomic E-state index is 0.0256. The molecule has 0 bridgehead atoms. The quantitative estimate of drug-likeness (QED) is 0.146. The topological polar surface area (TPSA) is 141 Å². The lowest BCUT2D eigenvalue weighted by Gasteiger charge is -2.26. The number of ether oxygens (including phenoxy) is 2. The van der Waals surface area contributed by atoms with E-state index in [4.69, 9.17) is 31.9 Å². The number of morpholine rings is 1. The highest BCUT2D eigenvalue weighted by Crippen LogP contribution is 2.40. The van der Waals surface area contributed by atoms with Crippen LogP contribution in [0, 0.1) is 0 Å². The molecule has 0 saturated carbocycles. The van der Waals surface area contributed by atoms with Crippen LogP contribution in [0.4, 0.5) is 26.3 Å². The third-order valence-corrected chi connectivity index (χ3v) is 8.30. The number of aliphatic carboxylic acids is 1. The van der Waals surface area contributed by atoms with Gasteiger partial charge in [-0.15, -0.1) is 0 Å². The van der Waals surface area contributed by atoms with Crippen LogP contribution in [0.1, 0.15) is 16.7 Å². The van der Waals surface area contributed by atoms with Crippen molar-refractivity contribution < 1.29 is 60.4 Å². The molecule has 0 aliphatic carbocycles. The largest absolute Gasteiger partial charge is 0.492 e. The molecule has 2 aliphatic heterocycles. The number of nitrogens with one attached hydrogen (secondary N) is 2. The van der Waals surface area contributed by atoms with Gasteiger partial charge in [0.15, 0.2) is 4.32 Å². The highest BCUT2D eigenvalue weighted by atomic mass is 32.2.